The molecule has 5 aromatic rings. The van der Waals surface area contributed by atoms with Gasteiger partial charge in [-0.1, -0.05) is 29.4 Å². The zero-order chi connectivity index (χ0) is 28.1. The van der Waals surface area contributed by atoms with Crippen molar-refractivity contribution in [2.45, 2.75) is 32.3 Å². The summed E-state index contributed by atoms with van der Waals surface area (Å²) in [5.41, 5.74) is 4.54. The van der Waals surface area contributed by atoms with Crippen molar-refractivity contribution in [1.29, 1.82) is 0 Å². The van der Waals surface area contributed by atoms with Crippen LogP contribution in [0.4, 0.5) is 17.6 Å². The molecule has 0 spiro atoms. The van der Waals surface area contributed by atoms with Gasteiger partial charge in [0.25, 0.3) is 0 Å². The van der Waals surface area contributed by atoms with Crippen LogP contribution in [0.25, 0.3) is 11.0 Å². The first-order chi connectivity index (χ1) is 19.2. The van der Waals surface area contributed by atoms with E-state index in [1.807, 2.05) is 34.9 Å². The highest BCUT2D eigenvalue weighted by atomic mass is 32.2. The lowest BCUT2D eigenvalue weighted by atomic mass is 10.2. The van der Waals surface area contributed by atoms with E-state index in [2.05, 4.69) is 36.1 Å². The zero-order valence-electron chi connectivity index (χ0n) is 22.0. The maximum atomic E-state index is 12.7. The quantitative estimate of drug-likeness (QED) is 0.219. The van der Waals surface area contributed by atoms with E-state index >= 15 is 0 Å². The number of benzene rings is 2. The molecule has 12 nitrogen and oxygen atoms in total. The van der Waals surface area contributed by atoms with E-state index in [9.17, 15) is 13.2 Å². The van der Waals surface area contributed by atoms with E-state index in [0.717, 1.165) is 22.4 Å². The molecule has 40 heavy (non-hydrogen) atoms. The number of sulfone groups is 1. The van der Waals surface area contributed by atoms with Crippen molar-refractivity contribution in [3.63, 3.8) is 0 Å². The smallest absolute Gasteiger partial charge is 0.234 e. The van der Waals surface area contributed by atoms with Gasteiger partial charge in [0, 0.05) is 30.8 Å². The predicted molar refractivity (Wildman–Crippen MR) is 150 cm³/mol. The number of aromatic nitrogens is 5. The predicted octanol–water partition coefficient (Wildman–Crippen LogP) is 3.34. The van der Waals surface area contributed by atoms with Crippen molar-refractivity contribution in [2.24, 2.45) is 0 Å². The van der Waals surface area contributed by atoms with Crippen LogP contribution in [0.2, 0.25) is 0 Å². The van der Waals surface area contributed by atoms with Crippen LogP contribution in [0.1, 0.15) is 22.7 Å². The van der Waals surface area contributed by atoms with Crippen LogP contribution in [0.5, 0.6) is 0 Å². The van der Waals surface area contributed by atoms with Crippen LogP contribution in [0.15, 0.2) is 71.4 Å². The van der Waals surface area contributed by atoms with Gasteiger partial charge in [-0.25, -0.2) is 23.4 Å². The Kier molecular flexibility index (Phi) is 7.84. The van der Waals surface area contributed by atoms with Gasteiger partial charge in [-0.15, -0.1) is 0 Å². The molecule has 0 saturated carbocycles. The number of aryl methyl sites for hydroxylation is 1. The lowest BCUT2D eigenvalue weighted by molar-refractivity contribution is -0.115. The molecule has 0 fully saturated rings. The number of carbonyl (C=O) groups is 1. The van der Waals surface area contributed by atoms with Crippen LogP contribution in [-0.4, -0.2) is 45.3 Å². The summed E-state index contributed by atoms with van der Waals surface area (Å²) >= 11 is 0. The van der Waals surface area contributed by atoms with Gasteiger partial charge in [0.15, 0.2) is 9.84 Å². The number of para-hydroxylation sites is 2. The number of nitrogens with one attached hydrogen (secondary N) is 3. The van der Waals surface area contributed by atoms with Crippen molar-refractivity contribution in [3.8, 4) is 0 Å². The number of imidazole rings is 1. The number of amides is 1. The Balaban J connectivity index is 1.23. The minimum Gasteiger partial charge on any atom is -0.361 e. The Morgan fingerprint density at radius 1 is 1.05 bits per heavy atom. The van der Waals surface area contributed by atoms with Gasteiger partial charge in [-0.3, -0.25) is 20.0 Å². The fraction of sp³-hybridized carbons (Fsp3) is 0.222. The molecule has 1 amide bonds. The van der Waals surface area contributed by atoms with Crippen molar-refractivity contribution in [1.82, 2.24) is 30.0 Å². The number of fused-ring (bicyclic) bond motifs is 1. The van der Waals surface area contributed by atoms with Crippen molar-refractivity contribution >= 4 is 44.4 Å². The minimum atomic E-state index is -3.10. The largest absolute Gasteiger partial charge is 0.361 e. The Morgan fingerprint density at radius 3 is 2.60 bits per heavy atom. The van der Waals surface area contributed by atoms with E-state index < -0.39 is 9.84 Å². The topological polar surface area (TPSA) is 157 Å². The van der Waals surface area contributed by atoms with E-state index in [1.54, 1.807) is 43.5 Å². The molecule has 206 valence electrons. The summed E-state index contributed by atoms with van der Waals surface area (Å²) in [6.45, 7) is 2.60. The summed E-state index contributed by atoms with van der Waals surface area (Å²) in [6.07, 6.45) is 2.92. The molecular weight excluding hydrogens is 532 g/mol. The fourth-order valence-corrected chi connectivity index (χ4v) is 4.92. The maximum absolute atomic E-state index is 12.7. The van der Waals surface area contributed by atoms with Gasteiger partial charge < -0.3 is 9.84 Å². The molecule has 3 N–H and O–H groups in total. The number of anilines is 3. The fourth-order valence-electron chi connectivity index (χ4n) is 4.12. The third-order valence-corrected chi connectivity index (χ3v) is 6.70. The zero-order valence-corrected chi connectivity index (χ0v) is 22.8. The second-order valence-corrected chi connectivity index (χ2v) is 11.5. The van der Waals surface area contributed by atoms with Crippen LogP contribution in [0, 0.1) is 6.92 Å². The van der Waals surface area contributed by atoms with Gasteiger partial charge in [0.2, 0.25) is 17.8 Å². The second-order valence-electron chi connectivity index (χ2n) is 9.36. The normalized spacial score (nSPS) is 11.6. The molecular formula is C27H28N8O4S. The molecule has 5 rings (SSSR count). The van der Waals surface area contributed by atoms with Crippen molar-refractivity contribution in [2.75, 3.05) is 16.9 Å². The van der Waals surface area contributed by atoms with Crippen molar-refractivity contribution < 1.29 is 17.7 Å². The molecule has 0 aliphatic rings. The summed E-state index contributed by atoms with van der Waals surface area (Å²) in [6, 6.07) is 18.3. The summed E-state index contributed by atoms with van der Waals surface area (Å²) in [4.78, 5) is 26.1. The van der Waals surface area contributed by atoms with Crippen LogP contribution in [-0.2, 0) is 40.0 Å². The van der Waals surface area contributed by atoms with Crippen LogP contribution < -0.4 is 16.0 Å². The summed E-state index contributed by atoms with van der Waals surface area (Å²) in [7, 11) is -3.10. The molecule has 2 aromatic carbocycles. The van der Waals surface area contributed by atoms with Crippen LogP contribution >= 0.6 is 0 Å². The minimum absolute atomic E-state index is 0.0102. The monoisotopic (exact) mass is 560 g/mol. The van der Waals surface area contributed by atoms with E-state index in [1.165, 1.54) is 6.26 Å². The number of carbonyl (C=O) groups excluding carboxylic acids is 1. The molecule has 0 aliphatic heterocycles. The number of rotatable bonds is 11. The number of hydrogen-bond donors (Lipinski definition) is 3. The molecule has 3 aromatic heterocycles. The molecule has 0 saturated heterocycles. The summed E-state index contributed by atoms with van der Waals surface area (Å²) in [5, 5.41) is 13.2. The molecule has 0 radical (unpaired) electrons. The van der Waals surface area contributed by atoms with Gasteiger partial charge in [0.1, 0.15) is 5.76 Å². The lowest BCUT2D eigenvalue weighted by Crippen LogP contribution is -2.23. The average Bonchev–Trinajstić information content (AvgIpc) is 3.47. The standard InChI is InChI=1S/C27H28N8O4S/c1-18-13-22(39-34-18)14-25(36)33-27-32-23-5-3-4-6-24(23)35(27)17-28-15-21-11-12-29-26(31-21)30-20-9-7-19(8-10-20)16-40(2,37)38/h3-13,28H,14-17H2,1-2H3,(H,29,30,31)(H,32,33,36). The summed E-state index contributed by atoms with van der Waals surface area (Å²) < 4.78 is 30.0. The summed E-state index contributed by atoms with van der Waals surface area (Å²) in [5.74, 6) is 1.04. The Labute approximate surface area is 230 Å². The highest BCUT2D eigenvalue weighted by molar-refractivity contribution is 7.89. The first kappa shape index (κ1) is 27.0. The first-order valence-electron chi connectivity index (χ1n) is 12.5. The van der Waals surface area contributed by atoms with Gasteiger partial charge in [-0.05, 0) is 42.8 Å². The van der Waals surface area contributed by atoms with E-state index in [0.29, 0.717) is 42.1 Å². The molecule has 0 atom stereocenters. The third-order valence-electron chi connectivity index (χ3n) is 5.85. The Bertz CT molecular complexity index is 1750. The number of nitrogens with zero attached hydrogens (tertiary/aromatic N) is 5. The Morgan fingerprint density at radius 2 is 1.85 bits per heavy atom. The Hall–Kier alpha value is -4.62. The highest BCUT2D eigenvalue weighted by Gasteiger charge is 2.15. The lowest BCUT2D eigenvalue weighted by Gasteiger charge is -2.12. The molecule has 0 unspecified atom stereocenters. The van der Waals surface area contributed by atoms with Crippen LogP contribution in [0.3, 0.4) is 0 Å². The molecule has 0 aliphatic carbocycles. The van der Waals surface area contributed by atoms with Crippen molar-refractivity contribution in [3.05, 3.63) is 89.6 Å². The third kappa shape index (κ3) is 7.07. The first-order valence-corrected chi connectivity index (χ1v) is 14.5. The SMILES string of the molecule is Cc1cc(CC(=O)Nc2nc3ccccc3n2CNCc2ccnc(Nc3ccc(CS(C)(=O)=O)cc3)n2)on1. The van der Waals surface area contributed by atoms with E-state index in [-0.39, 0.29) is 18.1 Å². The maximum Gasteiger partial charge on any atom is 0.234 e. The van der Waals surface area contributed by atoms with Gasteiger partial charge in [0.05, 0.1) is 41.3 Å². The molecule has 0 bridgehead atoms. The number of hydrogen-bond acceptors (Lipinski definition) is 10. The highest BCUT2D eigenvalue weighted by Crippen LogP contribution is 2.20. The molecule has 13 heteroatoms. The second kappa shape index (κ2) is 11.6. The van der Waals surface area contributed by atoms with E-state index in [4.69, 9.17) is 4.52 Å². The molecule has 3 heterocycles. The van der Waals surface area contributed by atoms with Gasteiger partial charge in [-0.2, -0.15) is 0 Å². The average molecular weight is 561 g/mol. The van der Waals surface area contributed by atoms with Gasteiger partial charge >= 0.3 is 0 Å².